The van der Waals surface area contributed by atoms with E-state index in [1.807, 2.05) is 0 Å². The fourth-order valence-electron chi connectivity index (χ4n) is 3.42. The minimum atomic E-state index is -2.21. The highest BCUT2D eigenvalue weighted by molar-refractivity contribution is 9.10. The lowest BCUT2D eigenvalue weighted by Gasteiger charge is -2.27. The molecule has 13 nitrogen and oxygen atoms in total. The van der Waals surface area contributed by atoms with Crippen molar-refractivity contribution >= 4 is 44.7 Å². The summed E-state index contributed by atoms with van der Waals surface area (Å²) in [5.41, 5.74) is -3.75. The minimum Gasteiger partial charge on any atom is -0.501 e. The van der Waals surface area contributed by atoms with Gasteiger partial charge in [-0.3, -0.25) is 24.3 Å². The number of aliphatic hydroxyl groups excluding tert-OH is 1. The maximum absolute atomic E-state index is 12.7. The van der Waals surface area contributed by atoms with Crippen LogP contribution in [0, 0.1) is 10.1 Å². The van der Waals surface area contributed by atoms with E-state index in [1.165, 1.54) is 18.3 Å². The van der Waals surface area contributed by atoms with Gasteiger partial charge in [0.1, 0.15) is 18.4 Å². The molecule has 3 rings (SSSR count). The number of nitro benzene ring substituents is 1. The van der Waals surface area contributed by atoms with Gasteiger partial charge in [-0.05, 0) is 35.8 Å². The molecule has 14 heteroatoms. The lowest BCUT2D eigenvalue weighted by atomic mass is 9.86. The third-order valence-electron chi connectivity index (χ3n) is 5.25. The number of phenolic OH excluding ortho intramolecular Hbond substituents is 1. The molecule has 1 aliphatic rings. The van der Waals surface area contributed by atoms with E-state index in [0.717, 1.165) is 24.5 Å². The highest BCUT2D eigenvalue weighted by Gasteiger charge is 2.55. The molecule has 4 atom stereocenters. The number of aromatic hydroxyl groups is 1. The molecule has 1 unspecified atom stereocenters. The minimum absolute atomic E-state index is 0.0812. The van der Waals surface area contributed by atoms with E-state index in [-0.39, 0.29) is 16.0 Å². The third kappa shape index (κ3) is 4.50. The quantitative estimate of drug-likeness (QED) is 0.227. The number of carbonyl (C=O) groups excluding carboxylic acids is 2. The monoisotopic (exact) mass is 526 g/mol. The maximum atomic E-state index is 12.7. The standard InChI is InChI=1S/C19H19BrN4O9/c1-8(25)14(27)16-19(30,9(2)26)6-13(33-16)23-7-10(20)17(22-18(23)29)21-11-4-3-5-12(15(11)28)24(31)32/h3-5,7,13-14,16,27-28,30H,6H2,1-2H3,(H,21,22,29)/t13-,14?,16-,19-/m1/s1. The zero-order valence-electron chi connectivity index (χ0n) is 17.3. The number of anilines is 2. The number of phenols is 1. The fraction of sp³-hybridized carbons (Fsp3) is 0.368. The van der Waals surface area contributed by atoms with Crippen LogP contribution in [-0.2, 0) is 14.3 Å². The Morgan fingerprint density at radius 2 is 2.09 bits per heavy atom. The molecule has 176 valence electrons. The number of hydrogen-bond acceptors (Lipinski definition) is 11. The molecule has 0 spiro atoms. The van der Waals surface area contributed by atoms with Gasteiger partial charge in [-0.25, -0.2) is 4.79 Å². The number of nitro groups is 1. The number of ketones is 2. The van der Waals surface area contributed by atoms with Crippen molar-refractivity contribution in [2.45, 2.75) is 44.3 Å². The normalized spacial score (nSPS) is 23.2. The van der Waals surface area contributed by atoms with Gasteiger partial charge in [-0.2, -0.15) is 4.98 Å². The molecule has 0 aliphatic carbocycles. The van der Waals surface area contributed by atoms with Crippen molar-refractivity contribution < 1.29 is 34.6 Å². The van der Waals surface area contributed by atoms with Gasteiger partial charge < -0.3 is 25.4 Å². The highest BCUT2D eigenvalue weighted by atomic mass is 79.9. The fourth-order valence-corrected chi connectivity index (χ4v) is 3.82. The number of Topliss-reactive ketones (excluding diaryl/α,β-unsaturated/α-hetero) is 2. The molecule has 1 fully saturated rings. The van der Waals surface area contributed by atoms with Crippen LogP contribution < -0.4 is 11.0 Å². The predicted octanol–water partition coefficient (Wildman–Crippen LogP) is 0.921. The van der Waals surface area contributed by atoms with Crippen molar-refractivity contribution in [3.63, 3.8) is 0 Å². The molecule has 1 aromatic carbocycles. The summed E-state index contributed by atoms with van der Waals surface area (Å²) in [6, 6.07) is 3.76. The maximum Gasteiger partial charge on any atom is 0.351 e. The summed E-state index contributed by atoms with van der Waals surface area (Å²) in [4.78, 5) is 50.4. The van der Waals surface area contributed by atoms with E-state index < -0.39 is 64.1 Å². The molecule has 0 amide bonds. The van der Waals surface area contributed by atoms with Gasteiger partial charge in [-0.15, -0.1) is 0 Å². The van der Waals surface area contributed by atoms with Crippen LogP contribution in [0.1, 0.15) is 26.5 Å². The first-order valence-corrected chi connectivity index (χ1v) is 10.3. The number of carbonyl (C=O) groups is 2. The van der Waals surface area contributed by atoms with Crippen molar-refractivity contribution in [3.8, 4) is 5.75 Å². The molecular formula is C19H19BrN4O9. The van der Waals surface area contributed by atoms with Gasteiger partial charge in [0, 0.05) is 18.7 Å². The number of aromatic nitrogens is 2. The van der Waals surface area contributed by atoms with Crippen LogP contribution in [0.3, 0.4) is 0 Å². The second kappa shape index (κ2) is 8.97. The number of nitrogens with zero attached hydrogens (tertiary/aromatic N) is 3. The molecule has 0 bridgehead atoms. The van der Waals surface area contributed by atoms with E-state index >= 15 is 0 Å². The molecular weight excluding hydrogens is 508 g/mol. The molecule has 4 N–H and O–H groups in total. The zero-order valence-corrected chi connectivity index (χ0v) is 18.8. The molecule has 2 heterocycles. The van der Waals surface area contributed by atoms with E-state index in [4.69, 9.17) is 4.74 Å². The molecule has 1 saturated heterocycles. The number of rotatable bonds is 7. The summed E-state index contributed by atoms with van der Waals surface area (Å²) < 4.78 is 6.64. The summed E-state index contributed by atoms with van der Waals surface area (Å²) >= 11 is 3.19. The van der Waals surface area contributed by atoms with Crippen molar-refractivity contribution in [2.24, 2.45) is 0 Å². The van der Waals surface area contributed by atoms with E-state index in [2.05, 4.69) is 26.2 Å². The smallest absolute Gasteiger partial charge is 0.351 e. The van der Waals surface area contributed by atoms with Crippen LogP contribution in [0.4, 0.5) is 17.2 Å². The first kappa shape index (κ1) is 24.4. The number of benzene rings is 1. The molecule has 1 aliphatic heterocycles. The van der Waals surface area contributed by atoms with Gasteiger partial charge in [-0.1, -0.05) is 6.07 Å². The topological polar surface area (TPSA) is 194 Å². The Morgan fingerprint density at radius 1 is 1.42 bits per heavy atom. The number of nitrogens with one attached hydrogen (secondary N) is 1. The predicted molar refractivity (Wildman–Crippen MR) is 115 cm³/mol. The van der Waals surface area contributed by atoms with Crippen molar-refractivity contribution in [1.82, 2.24) is 9.55 Å². The lowest BCUT2D eigenvalue weighted by molar-refractivity contribution is -0.385. The number of ether oxygens (including phenoxy) is 1. The second-order valence-electron chi connectivity index (χ2n) is 7.43. The van der Waals surface area contributed by atoms with Crippen LogP contribution in [-0.4, -0.2) is 59.2 Å². The number of para-hydroxylation sites is 1. The number of hydrogen-bond donors (Lipinski definition) is 4. The van der Waals surface area contributed by atoms with Crippen LogP contribution in [0.2, 0.25) is 0 Å². The van der Waals surface area contributed by atoms with E-state index in [0.29, 0.717) is 0 Å². The Labute approximate surface area is 193 Å². The molecule has 2 aromatic rings. The Kier molecular flexibility index (Phi) is 6.65. The Bertz CT molecular complexity index is 1200. The van der Waals surface area contributed by atoms with Crippen LogP contribution >= 0.6 is 15.9 Å². The molecule has 0 radical (unpaired) electrons. The van der Waals surface area contributed by atoms with E-state index in [9.17, 15) is 39.8 Å². The van der Waals surface area contributed by atoms with Crippen LogP contribution in [0.25, 0.3) is 0 Å². The average molecular weight is 527 g/mol. The molecule has 33 heavy (non-hydrogen) atoms. The summed E-state index contributed by atoms with van der Waals surface area (Å²) in [6.45, 7) is 2.14. The summed E-state index contributed by atoms with van der Waals surface area (Å²) in [5.74, 6) is -2.24. The molecule has 1 aromatic heterocycles. The van der Waals surface area contributed by atoms with Gasteiger partial charge >= 0.3 is 11.4 Å². The second-order valence-corrected chi connectivity index (χ2v) is 8.29. The SMILES string of the molecule is CC(=O)C(O)[C@H]1O[C@@H](n2cc(Br)c(Nc3cccc([N+](=O)[O-])c3O)nc2=O)C[C@@]1(O)C(C)=O. The van der Waals surface area contributed by atoms with Crippen LogP contribution in [0.5, 0.6) is 5.75 Å². The third-order valence-corrected chi connectivity index (χ3v) is 5.84. The van der Waals surface area contributed by atoms with Gasteiger partial charge in [0.15, 0.2) is 23.0 Å². The Balaban J connectivity index is 1.95. The number of aliphatic hydroxyl groups is 2. The highest BCUT2D eigenvalue weighted by Crippen LogP contribution is 2.40. The van der Waals surface area contributed by atoms with Gasteiger partial charge in [0.25, 0.3) is 0 Å². The Hall–Kier alpha value is -3.20. The lowest BCUT2D eigenvalue weighted by Crippen LogP contribution is -2.52. The van der Waals surface area contributed by atoms with Gasteiger partial charge in [0.05, 0.1) is 15.1 Å². The molecule has 0 saturated carbocycles. The van der Waals surface area contributed by atoms with Crippen molar-refractivity contribution in [3.05, 3.63) is 49.5 Å². The first-order valence-electron chi connectivity index (χ1n) is 9.46. The average Bonchev–Trinajstić information content (AvgIpc) is 3.09. The first-order chi connectivity index (χ1) is 15.4. The Morgan fingerprint density at radius 3 is 2.67 bits per heavy atom. The van der Waals surface area contributed by atoms with Gasteiger partial charge in [0.2, 0.25) is 5.75 Å². The van der Waals surface area contributed by atoms with E-state index in [1.54, 1.807) is 0 Å². The summed E-state index contributed by atoms with van der Waals surface area (Å²) in [5, 5.41) is 44.6. The van der Waals surface area contributed by atoms with Crippen LogP contribution in [0.15, 0.2) is 33.7 Å². The number of halogens is 1. The van der Waals surface area contributed by atoms with Crippen molar-refractivity contribution in [2.75, 3.05) is 5.32 Å². The summed E-state index contributed by atoms with van der Waals surface area (Å²) in [6.07, 6.45) is -3.84. The largest absolute Gasteiger partial charge is 0.501 e. The zero-order chi connectivity index (χ0) is 24.7. The summed E-state index contributed by atoms with van der Waals surface area (Å²) in [7, 11) is 0. The van der Waals surface area contributed by atoms with Crippen molar-refractivity contribution in [1.29, 1.82) is 0 Å².